The van der Waals surface area contributed by atoms with E-state index in [-0.39, 0.29) is 34.9 Å². The molecular formula is C30H39ClF2N6O5. The van der Waals surface area contributed by atoms with E-state index in [1.54, 1.807) is 32.2 Å². The van der Waals surface area contributed by atoms with Crippen LogP contribution in [0.2, 0.25) is 5.02 Å². The van der Waals surface area contributed by atoms with Crippen LogP contribution >= 0.6 is 11.6 Å². The summed E-state index contributed by atoms with van der Waals surface area (Å²) >= 11 is 6.62. The number of rotatable bonds is 11. The van der Waals surface area contributed by atoms with Crippen molar-refractivity contribution in [3.05, 3.63) is 40.2 Å². The third-order valence-electron chi connectivity index (χ3n) is 7.92. The van der Waals surface area contributed by atoms with Crippen LogP contribution in [0.25, 0.3) is 17.0 Å². The number of nitrogens with one attached hydrogen (secondary N) is 2. The maximum absolute atomic E-state index is 12.5. The highest BCUT2D eigenvalue weighted by molar-refractivity contribution is 6.33. The molecule has 0 bridgehead atoms. The van der Waals surface area contributed by atoms with Gasteiger partial charge in [-0.15, -0.1) is 0 Å². The highest BCUT2D eigenvalue weighted by atomic mass is 35.5. The Hall–Kier alpha value is -3.55. The zero-order valence-corrected chi connectivity index (χ0v) is 26.0. The zero-order chi connectivity index (χ0) is 32.2. The van der Waals surface area contributed by atoms with Gasteiger partial charge < -0.3 is 40.2 Å². The normalized spacial score (nSPS) is 17.3. The largest absolute Gasteiger partial charge is 0.512 e. The number of anilines is 1. The lowest BCUT2D eigenvalue weighted by atomic mass is 9.72. The van der Waals surface area contributed by atoms with Crippen LogP contribution in [0.3, 0.4) is 0 Å². The Bertz CT molecular complexity index is 1400. The van der Waals surface area contributed by atoms with Crippen LogP contribution in [0, 0.1) is 17.7 Å². The molecule has 0 unspecified atom stereocenters. The summed E-state index contributed by atoms with van der Waals surface area (Å²) in [4.78, 5) is 25.4. The lowest BCUT2D eigenvalue weighted by molar-refractivity contribution is 0.0160. The molecule has 240 valence electrons. The molecule has 0 aliphatic carbocycles. The van der Waals surface area contributed by atoms with Gasteiger partial charge in [0.2, 0.25) is 0 Å². The summed E-state index contributed by atoms with van der Waals surface area (Å²) < 4.78 is 35.4. The first-order valence-corrected chi connectivity index (χ1v) is 14.8. The Labute approximate surface area is 260 Å². The maximum Gasteiger partial charge on any atom is 0.409 e. The molecule has 2 aromatic rings. The van der Waals surface area contributed by atoms with Crippen LogP contribution in [0.4, 0.5) is 19.4 Å². The quantitative estimate of drug-likeness (QED) is 0.204. The molecule has 1 aromatic heterocycles. The molecule has 1 aromatic carbocycles. The molecule has 1 amide bonds. The second-order valence-corrected chi connectivity index (χ2v) is 11.8. The highest BCUT2D eigenvalue weighted by Gasteiger charge is 2.47. The molecule has 1 atom stereocenters. The molecule has 3 heterocycles. The number of likely N-dealkylation sites (N-methyl/N-ethyl adjacent to an activating group) is 1. The summed E-state index contributed by atoms with van der Waals surface area (Å²) in [6.07, 6.45) is -2.77. The number of aliphatic hydroxyl groups is 2. The smallest absolute Gasteiger partial charge is 0.409 e. The minimum absolute atomic E-state index is 0.0518. The van der Waals surface area contributed by atoms with Crippen molar-refractivity contribution in [2.24, 2.45) is 5.41 Å². The number of carbonyl (C=O) groups excluding carboxylic acids is 1. The van der Waals surface area contributed by atoms with E-state index in [0.29, 0.717) is 79.0 Å². The summed E-state index contributed by atoms with van der Waals surface area (Å²) in [5.74, 6) is 1.32. The number of benzene rings is 1. The Morgan fingerprint density at radius 2 is 1.89 bits per heavy atom. The van der Waals surface area contributed by atoms with Crippen molar-refractivity contribution in [2.75, 3.05) is 57.9 Å². The fourth-order valence-electron chi connectivity index (χ4n) is 5.67. The number of allylic oxidation sites excluding steroid dienone is 2. The van der Waals surface area contributed by atoms with Crippen molar-refractivity contribution in [3.8, 4) is 17.1 Å². The Balaban J connectivity index is 1.62. The number of carbonyl (C=O) groups is 1. The van der Waals surface area contributed by atoms with E-state index in [1.165, 1.54) is 11.8 Å². The molecule has 2 fully saturated rings. The number of halogens is 3. The zero-order valence-electron chi connectivity index (χ0n) is 25.3. The van der Waals surface area contributed by atoms with Crippen molar-refractivity contribution in [3.63, 3.8) is 0 Å². The summed E-state index contributed by atoms with van der Waals surface area (Å²) in [6.45, 7) is 6.54. The number of likely N-dealkylation sites (tertiary alicyclic amines) is 1. The van der Waals surface area contributed by atoms with Crippen LogP contribution in [0.5, 0.6) is 5.75 Å². The molecule has 11 nitrogen and oxygen atoms in total. The summed E-state index contributed by atoms with van der Waals surface area (Å²) in [6, 6.07) is 5.04. The second-order valence-electron chi connectivity index (χ2n) is 11.4. The van der Waals surface area contributed by atoms with Gasteiger partial charge in [0.05, 0.1) is 16.3 Å². The molecule has 4 rings (SSSR count). The van der Waals surface area contributed by atoms with E-state index in [9.17, 15) is 23.8 Å². The SMILES string of the molecule is CNC[C@@H](O)COc1ccc(Cl)c(-c2nc(/C(C(C)=N)=C(\C)O)c(C)c(N3CC4(CCN(C(=O)OCC(F)F)CC4)C3)n2)c1. The number of aliphatic hydroxyl groups excluding tert-OH is 2. The average molecular weight is 637 g/mol. The first-order chi connectivity index (χ1) is 20.8. The Morgan fingerprint density at radius 1 is 1.20 bits per heavy atom. The number of piperidine rings is 1. The number of nitrogens with zero attached hydrogens (tertiary/aromatic N) is 4. The predicted octanol–water partition coefficient (Wildman–Crippen LogP) is 4.70. The van der Waals surface area contributed by atoms with Crippen LogP contribution in [-0.2, 0) is 4.74 Å². The van der Waals surface area contributed by atoms with Gasteiger partial charge in [0.1, 0.15) is 30.0 Å². The molecule has 0 radical (unpaired) electrons. The summed E-state index contributed by atoms with van der Waals surface area (Å²) in [5, 5.41) is 32.2. The van der Waals surface area contributed by atoms with Crippen molar-refractivity contribution in [2.45, 2.75) is 46.1 Å². The van der Waals surface area contributed by atoms with Crippen LogP contribution in [-0.4, -0.2) is 102 Å². The average Bonchev–Trinajstić information content (AvgIpc) is 2.95. The number of ether oxygens (including phenoxy) is 2. The van der Waals surface area contributed by atoms with Crippen LogP contribution in [0.1, 0.15) is 37.9 Å². The second kappa shape index (κ2) is 14.0. The molecule has 14 heteroatoms. The van der Waals surface area contributed by atoms with Crippen LogP contribution < -0.4 is 15.0 Å². The van der Waals surface area contributed by atoms with E-state index in [1.807, 2.05) is 6.92 Å². The Kier molecular flexibility index (Phi) is 10.6. The minimum Gasteiger partial charge on any atom is -0.512 e. The first kappa shape index (κ1) is 33.3. The number of alkyl halides is 2. The molecule has 4 N–H and O–H groups in total. The monoisotopic (exact) mass is 636 g/mol. The minimum atomic E-state index is -2.70. The summed E-state index contributed by atoms with van der Waals surface area (Å²) in [7, 11) is 1.74. The van der Waals surface area contributed by atoms with Gasteiger partial charge in [0.15, 0.2) is 12.4 Å². The van der Waals surface area contributed by atoms with Gasteiger partial charge in [-0.25, -0.2) is 23.5 Å². The van der Waals surface area contributed by atoms with E-state index in [4.69, 9.17) is 31.7 Å². The maximum atomic E-state index is 12.5. The van der Waals surface area contributed by atoms with Gasteiger partial charge in [-0.3, -0.25) is 0 Å². The number of amides is 1. The van der Waals surface area contributed by atoms with Gasteiger partial charge in [-0.1, -0.05) is 11.6 Å². The Morgan fingerprint density at radius 3 is 2.48 bits per heavy atom. The molecule has 1 spiro atoms. The number of hydrogen-bond acceptors (Lipinski definition) is 10. The first-order valence-electron chi connectivity index (χ1n) is 14.4. The summed E-state index contributed by atoms with van der Waals surface area (Å²) in [5.41, 5.74) is 1.92. The van der Waals surface area contributed by atoms with E-state index >= 15 is 0 Å². The lowest BCUT2D eigenvalue weighted by Gasteiger charge is -2.54. The van der Waals surface area contributed by atoms with E-state index in [0.717, 1.165) is 0 Å². The fraction of sp³-hybridized carbons (Fsp3) is 0.533. The van der Waals surface area contributed by atoms with E-state index in [2.05, 4.69) is 15.0 Å². The van der Waals surface area contributed by atoms with Crippen molar-refractivity contribution in [1.82, 2.24) is 20.2 Å². The molecule has 2 saturated heterocycles. The molecular weight excluding hydrogens is 598 g/mol. The van der Waals surface area contributed by atoms with Gasteiger partial charge in [0, 0.05) is 55.0 Å². The van der Waals surface area contributed by atoms with Crippen LogP contribution in [0.15, 0.2) is 24.0 Å². The van der Waals surface area contributed by atoms with Crippen molar-refractivity contribution in [1.29, 1.82) is 5.41 Å². The topological polar surface area (TPSA) is 144 Å². The highest BCUT2D eigenvalue weighted by Crippen LogP contribution is 2.44. The predicted molar refractivity (Wildman–Crippen MR) is 164 cm³/mol. The number of hydrogen-bond donors (Lipinski definition) is 4. The molecule has 0 saturated carbocycles. The van der Waals surface area contributed by atoms with Crippen molar-refractivity contribution < 1.29 is 33.3 Å². The van der Waals surface area contributed by atoms with Crippen molar-refractivity contribution >= 4 is 34.8 Å². The van der Waals surface area contributed by atoms with E-state index < -0.39 is 25.2 Å². The molecule has 44 heavy (non-hydrogen) atoms. The van der Waals surface area contributed by atoms with Gasteiger partial charge in [0.25, 0.3) is 6.43 Å². The van der Waals surface area contributed by atoms with Gasteiger partial charge >= 0.3 is 6.09 Å². The molecule has 2 aliphatic heterocycles. The molecule has 2 aliphatic rings. The standard InChI is InChI=1S/C30H39ClF2N6O5/c1-17-26(25(18(2)34)19(3)40)36-27(22-11-21(5-6-23(22)31)43-13-20(41)12-35-4)37-28(17)39-15-30(16-39)7-9-38(10-8-30)29(42)44-14-24(32)33/h5-6,11,20,24,34-35,40-41H,7-10,12-16H2,1-4H3/b25-19+,34-18?/t20-/m1/s1. The third-order valence-corrected chi connectivity index (χ3v) is 8.25. The fourth-order valence-corrected chi connectivity index (χ4v) is 5.87. The lowest BCUT2D eigenvalue weighted by Crippen LogP contribution is -2.61. The third kappa shape index (κ3) is 7.56. The van der Waals surface area contributed by atoms with Gasteiger partial charge in [-0.2, -0.15) is 0 Å². The number of aromatic nitrogens is 2. The van der Waals surface area contributed by atoms with Gasteiger partial charge in [-0.05, 0) is 58.9 Å².